The molecular formula is C17H29N3O3. The Morgan fingerprint density at radius 3 is 2.74 bits per heavy atom. The maximum absolute atomic E-state index is 5.43. The zero-order valence-electron chi connectivity index (χ0n) is 14.4. The number of methoxy groups -OCH3 is 2. The Morgan fingerprint density at radius 1 is 1.13 bits per heavy atom. The highest BCUT2D eigenvalue weighted by Gasteiger charge is 1.99. The monoisotopic (exact) mass is 323 g/mol. The first kappa shape index (κ1) is 19.3. The predicted molar refractivity (Wildman–Crippen MR) is 93.1 cm³/mol. The van der Waals surface area contributed by atoms with Crippen LogP contribution < -0.4 is 15.4 Å². The third-order valence-corrected chi connectivity index (χ3v) is 3.09. The Kier molecular flexibility index (Phi) is 10.7. The Morgan fingerprint density at radius 2 is 2.00 bits per heavy atom. The van der Waals surface area contributed by atoms with Crippen LogP contribution in [0.3, 0.4) is 0 Å². The van der Waals surface area contributed by atoms with E-state index in [2.05, 4.69) is 22.5 Å². The molecule has 0 aliphatic carbocycles. The van der Waals surface area contributed by atoms with Crippen molar-refractivity contribution < 1.29 is 14.2 Å². The molecule has 0 radical (unpaired) electrons. The Hall–Kier alpha value is -1.79. The quantitative estimate of drug-likeness (QED) is 0.369. The van der Waals surface area contributed by atoms with Crippen molar-refractivity contribution in [3.8, 4) is 5.75 Å². The summed E-state index contributed by atoms with van der Waals surface area (Å²) in [4.78, 5) is 4.58. The predicted octanol–water partition coefficient (Wildman–Crippen LogP) is 1.80. The van der Waals surface area contributed by atoms with Gasteiger partial charge in [-0.05, 0) is 31.0 Å². The van der Waals surface area contributed by atoms with Gasteiger partial charge in [-0.15, -0.1) is 0 Å². The van der Waals surface area contributed by atoms with Gasteiger partial charge in [-0.25, -0.2) is 4.99 Å². The van der Waals surface area contributed by atoms with Gasteiger partial charge in [0.1, 0.15) is 5.75 Å². The summed E-state index contributed by atoms with van der Waals surface area (Å²) in [5.41, 5.74) is 1.12. The minimum absolute atomic E-state index is 0.608. The first-order valence-electron chi connectivity index (χ1n) is 8.02. The highest BCUT2D eigenvalue weighted by Crippen LogP contribution is 2.13. The van der Waals surface area contributed by atoms with Gasteiger partial charge in [-0.2, -0.15) is 0 Å². The lowest BCUT2D eigenvalue weighted by atomic mass is 10.2. The molecule has 0 fully saturated rings. The first-order valence-corrected chi connectivity index (χ1v) is 8.02. The molecule has 6 heteroatoms. The lowest BCUT2D eigenvalue weighted by molar-refractivity contribution is 0.0698. The summed E-state index contributed by atoms with van der Waals surface area (Å²) in [5, 5.41) is 6.55. The number of hydrogen-bond donors (Lipinski definition) is 2. The summed E-state index contributed by atoms with van der Waals surface area (Å²) in [6.45, 7) is 6.29. The van der Waals surface area contributed by atoms with Crippen molar-refractivity contribution in [2.45, 2.75) is 19.9 Å². The minimum Gasteiger partial charge on any atom is -0.497 e. The molecule has 23 heavy (non-hydrogen) atoms. The number of guanidine groups is 1. The molecule has 6 nitrogen and oxygen atoms in total. The molecular weight excluding hydrogens is 294 g/mol. The van der Waals surface area contributed by atoms with Crippen LogP contribution in [0.2, 0.25) is 0 Å². The third kappa shape index (κ3) is 9.05. The second-order valence-electron chi connectivity index (χ2n) is 4.93. The van der Waals surface area contributed by atoms with Gasteiger partial charge in [0.05, 0.1) is 26.9 Å². The van der Waals surface area contributed by atoms with E-state index in [0.717, 1.165) is 36.8 Å². The SMILES string of the molecule is CCNC(=NCc1cccc(OC)c1)NCCCOCCOC. The van der Waals surface area contributed by atoms with E-state index in [1.54, 1.807) is 14.2 Å². The van der Waals surface area contributed by atoms with E-state index >= 15 is 0 Å². The van der Waals surface area contributed by atoms with Crippen LogP contribution in [-0.4, -0.2) is 53.1 Å². The summed E-state index contributed by atoms with van der Waals surface area (Å²) < 4.78 is 15.6. The largest absolute Gasteiger partial charge is 0.497 e. The number of ether oxygens (including phenoxy) is 3. The maximum Gasteiger partial charge on any atom is 0.191 e. The standard InChI is InChI=1S/C17H29N3O3/c1-4-18-17(19-9-6-10-23-12-11-21-2)20-14-15-7-5-8-16(13-15)22-3/h5,7-8,13H,4,6,9-12,14H2,1-3H3,(H2,18,19,20). The Bertz CT molecular complexity index is 452. The number of hydrogen-bond acceptors (Lipinski definition) is 4. The van der Waals surface area contributed by atoms with Crippen LogP contribution in [0.15, 0.2) is 29.3 Å². The van der Waals surface area contributed by atoms with E-state index in [9.17, 15) is 0 Å². The summed E-state index contributed by atoms with van der Waals surface area (Å²) in [6.07, 6.45) is 0.924. The van der Waals surface area contributed by atoms with Crippen molar-refractivity contribution in [1.82, 2.24) is 10.6 Å². The van der Waals surface area contributed by atoms with Crippen molar-refractivity contribution in [3.63, 3.8) is 0 Å². The molecule has 0 spiro atoms. The fraction of sp³-hybridized carbons (Fsp3) is 0.588. The zero-order valence-corrected chi connectivity index (χ0v) is 14.4. The molecule has 0 aliphatic heterocycles. The summed E-state index contributed by atoms with van der Waals surface area (Å²) in [7, 11) is 3.34. The van der Waals surface area contributed by atoms with Gasteiger partial charge in [0.15, 0.2) is 5.96 Å². The van der Waals surface area contributed by atoms with Crippen molar-refractivity contribution >= 4 is 5.96 Å². The smallest absolute Gasteiger partial charge is 0.191 e. The fourth-order valence-corrected chi connectivity index (χ4v) is 1.91. The Balaban J connectivity index is 2.34. The van der Waals surface area contributed by atoms with Crippen molar-refractivity contribution in [3.05, 3.63) is 29.8 Å². The molecule has 2 N–H and O–H groups in total. The van der Waals surface area contributed by atoms with Gasteiger partial charge in [0, 0.05) is 26.8 Å². The molecule has 0 saturated carbocycles. The van der Waals surface area contributed by atoms with Gasteiger partial charge in [-0.1, -0.05) is 12.1 Å². The molecule has 1 aromatic carbocycles. The number of rotatable bonds is 11. The second kappa shape index (κ2) is 12.7. The summed E-state index contributed by atoms with van der Waals surface area (Å²) in [5.74, 6) is 1.66. The molecule has 0 aromatic heterocycles. The number of nitrogens with zero attached hydrogens (tertiary/aromatic N) is 1. The van der Waals surface area contributed by atoms with Crippen LogP contribution in [0.5, 0.6) is 5.75 Å². The van der Waals surface area contributed by atoms with Gasteiger partial charge in [0.2, 0.25) is 0 Å². The normalized spacial score (nSPS) is 11.3. The summed E-state index contributed by atoms with van der Waals surface area (Å²) in [6, 6.07) is 7.94. The molecule has 130 valence electrons. The topological polar surface area (TPSA) is 64.1 Å². The first-order chi connectivity index (χ1) is 11.3. The number of benzene rings is 1. The molecule has 0 amide bonds. The molecule has 0 unspecified atom stereocenters. The van der Waals surface area contributed by atoms with Crippen molar-refractivity contribution in [1.29, 1.82) is 0 Å². The highest BCUT2D eigenvalue weighted by atomic mass is 16.5. The van der Waals surface area contributed by atoms with Crippen LogP contribution in [0, 0.1) is 0 Å². The molecule has 0 saturated heterocycles. The van der Waals surface area contributed by atoms with Crippen LogP contribution in [-0.2, 0) is 16.0 Å². The van der Waals surface area contributed by atoms with Gasteiger partial charge < -0.3 is 24.8 Å². The minimum atomic E-state index is 0.608. The van der Waals surface area contributed by atoms with Crippen molar-refractivity contribution in [2.24, 2.45) is 4.99 Å². The van der Waals surface area contributed by atoms with Crippen LogP contribution in [0.4, 0.5) is 0 Å². The second-order valence-corrected chi connectivity index (χ2v) is 4.93. The lowest BCUT2D eigenvalue weighted by Crippen LogP contribution is -2.38. The van der Waals surface area contributed by atoms with E-state index < -0.39 is 0 Å². The van der Waals surface area contributed by atoms with Gasteiger partial charge >= 0.3 is 0 Å². The van der Waals surface area contributed by atoms with E-state index in [1.807, 2.05) is 24.3 Å². The number of nitrogens with one attached hydrogen (secondary N) is 2. The molecule has 0 aliphatic rings. The van der Waals surface area contributed by atoms with Crippen LogP contribution in [0.1, 0.15) is 18.9 Å². The van der Waals surface area contributed by atoms with Crippen LogP contribution in [0.25, 0.3) is 0 Å². The van der Waals surface area contributed by atoms with Gasteiger partial charge in [0.25, 0.3) is 0 Å². The lowest BCUT2D eigenvalue weighted by Gasteiger charge is -2.11. The zero-order chi connectivity index (χ0) is 16.8. The third-order valence-electron chi connectivity index (χ3n) is 3.09. The Labute approximate surface area is 139 Å². The van der Waals surface area contributed by atoms with Crippen LogP contribution >= 0.6 is 0 Å². The summed E-state index contributed by atoms with van der Waals surface area (Å²) >= 11 is 0. The van der Waals surface area contributed by atoms with E-state index in [4.69, 9.17) is 14.2 Å². The fourth-order valence-electron chi connectivity index (χ4n) is 1.91. The molecule has 1 aromatic rings. The number of aliphatic imine (C=N–C) groups is 1. The van der Waals surface area contributed by atoms with Gasteiger partial charge in [-0.3, -0.25) is 0 Å². The van der Waals surface area contributed by atoms with Crippen molar-refractivity contribution in [2.75, 3.05) is 47.1 Å². The highest BCUT2D eigenvalue weighted by molar-refractivity contribution is 5.79. The average molecular weight is 323 g/mol. The van der Waals surface area contributed by atoms with E-state index in [1.165, 1.54) is 0 Å². The molecule has 0 bridgehead atoms. The van der Waals surface area contributed by atoms with E-state index in [0.29, 0.717) is 26.4 Å². The molecule has 0 atom stereocenters. The van der Waals surface area contributed by atoms with E-state index in [-0.39, 0.29) is 0 Å². The molecule has 0 heterocycles. The molecule has 1 rings (SSSR count). The maximum atomic E-state index is 5.43. The average Bonchev–Trinajstić information content (AvgIpc) is 2.59.